The largest absolute Gasteiger partial charge is 0.508 e. The molecule has 2 amide bonds. The van der Waals surface area contributed by atoms with E-state index in [0.717, 1.165) is 0 Å². The van der Waals surface area contributed by atoms with Crippen LogP contribution in [0.15, 0.2) is 58.4 Å². The molecule has 0 radical (unpaired) electrons. The highest BCUT2D eigenvalue weighted by molar-refractivity contribution is 6.00. The van der Waals surface area contributed by atoms with E-state index in [1.54, 1.807) is 21.9 Å². The molecule has 9 heteroatoms. The number of carbonyl (C=O) groups is 2. The van der Waals surface area contributed by atoms with Gasteiger partial charge in [-0.1, -0.05) is 0 Å². The van der Waals surface area contributed by atoms with Crippen LogP contribution in [0.3, 0.4) is 0 Å². The van der Waals surface area contributed by atoms with Gasteiger partial charge in [0.2, 0.25) is 11.8 Å². The van der Waals surface area contributed by atoms with E-state index in [1.165, 1.54) is 37.4 Å². The lowest BCUT2D eigenvalue weighted by Crippen LogP contribution is -2.37. The van der Waals surface area contributed by atoms with Gasteiger partial charge in [-0.25, -0.2) is 9.97 Å². The average molecular weight is 382 g/mol. The van der Waals surface area contributed by atoms with Crippen LogP contribution in [-0.2, 0) is 22.7 Å². The maximum absolute atomic E-state index is 13.2. The van der Waals surface area contributed by atoms with Crippen molar-refractivity contribution in [1.29, 1.82) is 0 Å². The minimum absolute atomic E-state index is 0.119. The number of phenols is 1. The first-order valence-corrected chi connectivity index (χ1v) is 8.72. The quantitative estimate of drug-likeness (QED) is 0.693. The molecule has 0 bridgehead atoms. The SMILES string of the molecule is O=C(C1CC(=O)N(c2ccc(O)cc2)C1)N(Cc1cocn1)Cc1cocn1. The maximum atomic E-state index is 13.2. The summed E-state index contributed by atoms with van der Waals surface area (Å²) < 4.78 is 9.98. The summed E-state index contributed by atoms with van der Waals surface area (Å²) in [5.41, 5.74) is 1.87. The molecule has 1 saturated heterocycles. The van der Waals surface area contributed by atoms with E-state index >= 15 is 0 Å². The van der Waals surface area contributed by atoms with Crippen LogP contribution in [0, 0.1) is 5.92 Å². The molecule has 1 aromatic carbocycles. The first kappa shape index (κ1) is 17.8. The number of benzene rings is 1. The predicted molar refractivity (Wildman–Crippen MR) is 95.8 cm³/mol. The van der Waals surface area contributed by atoms with Crippen LogP contribution in [0.4, 0.5) is 5.69 Å². The molecular weight excluding hydrogens is 364 g/mol. The van der Waals surface area contributed by atoms with Crippen molar-refractivity contribution in [2.45, 2.75) is 19.5 Å². The Morgan fingerprint density at radius 3 is 2.25 bits per heavy atom. The number of rotatable bonds is 6. The van der Waals surface area contributed by atoms with Gasteiger partial charge >= 0.3 is 0 Å². The molecule has 3 aromatic rings. The van der Waals surface area contributed by atoms with Gasteiger partial charge in [-0.2, -0.15) is 0 Å². The lowest BCUT2D eigenvalue weighted by atomic mass is 10.1. The molecule has 3 heterocycles. The molecule has 0 spiro atoms. The fourth-order valence-corrected chi connectivity index (χ4v) is 3.25. The van der Waals surface area contributed by atoms with E-state index in [9.17, 15) is 14.7 Å². The molecule has 0 aliphatic carbocycles. The zero-order valence-electron chi connectivity index (χ0n) is 14.9. The highest BCUT2D eigenvalue weighted by Crippen LogP contribution is 2.28. The molecule has 28 heavy (non-hydrogen) atoms. The Morgan fingerprint density at radius 2 is 1.71 bits per heavy atom. The van der Waals surface area contributed by atoms with E-state index < -0.39 is 5.92 Å². The zero-order valence-corrected chi connectivity index (χ0v) is 14.9. The van der Waals surface area contributed by atoms with Gasteiger partial charge in [-0.15, -0.1) is 0 Å². The molecular formula is C19H18N4O5. The van der Waals surface area contributed by atoms with Gasteiger partial charge in [-0.3, -0.25) is 9.59 Å². The van der Waals surface area contributed by atoms with E-state index in [0.29, 0.717) is 17.1 Å². The third-order valence-electron chi connectivity index (χ3n) is 4.62. The lowest BCUT2D eigenvalue weighted by molar-refractivity contribution is -0.137. The molecule has 0 saturated carbocycles. The van der Waals surface area contributed by atoms with Crippen LogP contribution in [0.2, 0.25) is 0 Å². The smallest absolute Gasteiger partial charge is 0.228 e. The summed E-state index contributed by atoms with van der Waals surface area (Å²) in [6.45, 7) is 0.759. The molecule has 9 nitrogen and oxygen atoms in total. The van der Waals surface area contributed by atoms with Crippen molar-refractivity contribution in [3.05, 3.63) is 61.0 Å². The Balaban J connectivity index is 1.51. The number of hydrogen-bond donors (Lipinski definition) is 1. The van der Waals surface area contributed by atoms with Crippen molar-refractivity contribution in [3.8, 4) is 5.75 Å². The number of aromatic nitrogens is 2. The van der Waals surface area contributed by atoms with Crippen molar-refractivity contribution < 1.29 is 23.5 Å². The van der Waals surface area contributed by atoms with Crippen LogP contribution >= 0.6 is 0 Å². The Kier molecular flexibility index (Phi) is 4.79. The second kappa shape index (κ2) is 7.55. The number of phenolic OH excluding ortho intramolecular Hbond substituents is 1. The number of hydrogen-bond acceptors (Lipinski definition) is 7. The van der Waals surface area contributed by atoms with Gasteiger partial charge < -0.3 is 23.7 Å². The molecule has 1 aliphatic heterocycles. The summed E-state index contributed by atoms with van der Waals surface area (Å²) in [6.07, 6.45) is 5.69. The first-order valence-electron chi connectivity index (χ1n) is 8.72. The van der Waals surface area contributed by atoms with Crippen LogP contribution in [0.5, 0.6) is 5.75 Å². The van der Waals surface area contributed by atoms with E-state index in [-0.39, 0.29) is 43.6 Å². The standard InChI is InChI=1S/C19H18N4O5/c24-17-3-1-16(2-4-17)23-6-13(5-18(23)25)19(26)22(7-14-9-27-11-20-14)8-15-10-28-12-21-15/h1-4,9-13,24H,5-8H2. The molecule has 2 aromatic heterocycles. The zero-order chi connectivity index (χ0) is 19.5. The van der Waals surface area contributed by atoms with Gasteiger partial charge in [0.1, 0.15) is 18.3 Å². The van der Waals surface area contributed by atoms with Crippen molar-refractivity contribution in [2.24, 2.45) is 5.92 Å². The third-order valence-corrected chi connectivity index (χ3v) is 4.62. The normalized spacial score (nSPS) is 16.5. The highest BCUT2D eigenvalue weighted by atomic mass is 16.3. The Labute approximate surface area is 160 Å². The fraction of sp³-hybridized carbons (Fsp3) is 0.263. The predicted octanol–water partition coefficient (Wildman–Crippen LogP) is 1.95. The number of nitrogens with zero attached hydrogens (tertiary/aromatic N) is 4. The average Bonchev–Trinajstić information content (AvgIpc) is 3.44. The highest BCUT2D eigenvalue weighted by Gasteiger charge is 2.37. The Morgan fingerprint density at radius 1 is 1.11 bits per heavy atom. The fourth-order valence-electron chi connectivity index (χ4n) is 3.25. The van der Waals surface area contributed by atoms with Gasteiger partial charge in [0.25, 0.3) is 0 Å². The third kappa shape index (κ3) is 3.73. The van der Waals surface area contributed by atoms with Crippen LogP contribution in [0.25, 0.3) is 0 Å². The van der Waals surface area contributed by atoms with Crippen LogP contribution in [0.1, 0.15) is 17.8 Å². The minimum atomic E-state index is -0.486. The summed E-state index contributed by atoms with van der Waals surface area (Å²) >= 11 is 0. The maximum Gasteiger partial charge on any atom is 0.228 e. The number of aromatic hydroxyl groups is 1. The van der Waals surface area contributed by atoms with Gasteiger partial charge in [-0.05, 0) is 24.3 Å². The molecule has 144 valence electrons. The number of anilines is 1. The summed E-state index contributed by atoms with van der Waals surface area (Å²) in [5, 5.41) is 9.43. The first-order chi connectivity index (χ1) is 13.6. The summed E-state index contributed by atoms with van der Waals surface area (Å²) in [4.78, 5) is 36.9. The molecule has 1 fully saturated rings. The van der Waals surface area contributed by atoms with Crippen LogP contribution in [-0.4, -0.2) is 38.3 Å². The van der Waals surface area contributed by atoms with Gasteiger partial charge in [0, 0.05) is 18.7 Å². The van der Waals surface area contributed by atoms with Crippen molar-refractivity contribution >= 4 is 17.5 Å². The summed E-state index contributed by atoms with van der Waals surface area (Å²) in [5.74, 6) is -0.665. The minimum Gasteiger partial charge on any atom is -0.508 e. The van der Waals surface area contributed by atoms with E-state index in [4.69, 9.17) is 8.83 Å². The summed E-state index contributed by atoms with van der Waals surface area (Å²) in [7, 11) is 0. The van der Waals surface area contributed by atoms with Gasteiger partial charge in [0.05, 0.1) is 30.4 Å². The van der Waals surface area contributed by atoms with Crippen molar-refractivity contribution in [2.75, 3.05) is 11.4 Å². The second-order valence-corrected chi connectivity index (χ2v) is 6.58. The monoisotopic (exact) mass is 382 g/mol. The molecule has 1 unspecified atom stereocenters. The number of amides is 2. The van der Waals surface area contributed by atoms with Crippen LogP contribution < -0.4 is 4.90 Å². The Bertz CT molecular complexity index is 901. The molecule has 1 N–H and O–H groups in total. The molecule has 1 aliphatic rings. The second-order valence-electron chi connectivity index (χ2n) is 6.58. The lowest BCUT2D eigenvalue weighted by Gasteiger charge is -2.24. The van der Waals surface area contributed by atoms with Crippen molar-refractivity contribution in [3.63, 3.8) is 0 Å². The number of oxazole rings is 2. The van der Waals surface area contributed by atoms with Gasteiger partial charge in [0.15, 0.2) is 12.8 Å². The van der Waals surface area contributed by atoms with E-state index in [1.807, 2.05) is 0 Å². The molecule has 4 rings (SSSR count). The summed E-state index contributed by atoms with van der Waals surface area (Å²) in [6, 6.07) is 6.34. The Hall–Kier alpha value is -3.62. The topological polar surface area (TPSA) is 113 Å². The number of carbonyl (C=O) groups excluding carboxylic acids is 2. The molecule has 1 atom stereocenters. The van der Waals surface area contributed by atoms with E-state index in [2.05, 4.69) is 9.97 Å². The van der Waals surface area contributed by atoms with Crippen molar-refractivity contribution in [1.82, 2.24) is 14.9 Å².